The van der Waals surface area contributed by atoms with Crippen LogP contribution in [0.5, 0.6) is 0 Å². The highest BCUT2D eigenvalue weighted by atomic mass is 16.2. The molecule has 2 heterocycles. The Hall–Kier alpha value is -3.08. The number of nitrogens with zero attached hydrogens (tertiary/aromatic N) is 1. The first-order chi connectivity index (χ1) is 13.4. The number of aromatic nitrogens is 1. The lowest BCUT2D eigenvalue weighted by atomic mass is 10.1. The van der Waals surface area contributed by atoms with E-state index in [1.165, 1.54) is 0 Å². The van der Waals surface area contributed by atoms with Gasteiger partial charge < -0.3 is 15.2 Å². The van der Waals surface area contributed by atoms with Crippen LogP contribution in [0.25, 0.3) is 10.9 Å². The van der Waals surface area contributed by atoms with Gasteiger partial charge in [-0.25, -0.2) is 0 Å². The molecule has 2 N–H and O–H groups in total. The summed E-state index contributed by atoms with van der Waals surface area (Å²) in [5.74, 6) is -0.103. The molecule has 0 atom stereocenters. The van der Waals surface area contributed by atoms with Gasteiger partial charge in [0.2, 0.25) is 0 Å². The van der Waals surface area contributed by atoms with E-state index in [0.717, 1.165) is 59.2 Å². The average molecular weight is 375 g/mol. The van der Waals surface area contributed by atoms with E-state index < -0.39 is 0 Å². The van der Waals surface area contributed by atoms with Crippen molar-refractivity contribution in [2.24, 2.45) is 0 Å². The Morgan fingerprint density at radius 3 is 2.46 bits per heavy atom. The van der Waals surface area contributed by atoms with Gasteiger partial charge in [-0.05, 0) is 75.1 Å². The molecule has 0 spiro atoms. The van der Waals surface area contributed by atoms with Crippen molar-refractivity contribution < 1.29 is 9.59 Å². The topological polar surface area (TPSA) is 65.2 Å². The van der Waals surface area contributed by atoms with E-state index >= 15 is 0 Å². The quantitative estimate of drug-likeness (QED) is 0.704. The summed E-state index contributed by atoms with van der Waals surface area (Å²) in [5.41, 5.74) is 5.90. The molecule has 2 aromatic carbocycles. The van der Waals surface area contributed by atoms with E-state index in [4.69, 9.17) is 0 Å². The lowest BCUT2D eigenvalue weighted by Crippen LogP contribution is -2.27. The minimum absolute atomic E-state index is 0.0697. The maximum absolute atomic E-state index is 12.9. The van der Waals surface area contributed by atoms with Gasteiger partial charge in [0, 0.05) is 35.2 Å². The number of fused-ring (bicyclic) bond motifs is 1. The number of hydrogen-bond acceptors (Lipinski definition) is 2. The molecule has 1 aromatic heterocycles. The lowest BCUT2D eigenvalue weighted by molar-refractivity contribution is 0.0792. The fourth-order valence-corrected chi connectivity index (χ4v) is 3.89. The number of H-pyrrole nitrogens is 1. The molecule has 0 saturated carbocycles. The number of benzene rings is 2. The zero-order chi connectivity index (χ0) is 19.8. The highest BCUT2D eigenvalue weighted by molar-refractivity contribution is 6.08. The van der Waals surface area contributed by atoms with Crippen molar-refractivity contribution in [1.82, 2.24) is 9.88 Å². The first-order valence-electron chi connectivity index (χ1n) is 9.74. The van der Waals surface area contributed by atoms with E-state index in [-0.39, 0.29) is 11.8 Å². The third kappa shape index (κ3) is 3.28. The van der Waals surface area contributed by atoms with Gasteiger partial charge in [0.15, 0.2) is 0 Å². The maximum atomic E-state index is 12.9. The molecule has 5 nitrogen and oxygen atoms in total. The average Bonchev–Trinajstić information content (AvgIpc) is 3.32. The van der Waals surface area contributed by atoms with Crippen LogP contribution in [0.3, 0.4) is 0 Å². The molecular formula is C23H25N3O2. The molecule has 1 fully saturated rings. The Labute approximate surface area is 164 Å². The van der Waals surface area contributed by atoms with Crippen molar-refractivity contribution in [3.8, 4) is 0 Å². The van der Waals surface area contributed by atoms with E-state index in [1.807, 2.05) is 49.9 Å². The van der Waals surface area contributed by atoms with Gasteiger partial charge >= 0.3 is 0 Å². The van der Waals surface area contributed by atoms with Gasteiger partial charge in [-0.2, -0.15) is 0 Å². The molecular weight excluding hydrogens is 350 g/mol. The second kappa shape index (κ2) is 7.15. The second-order valence-electron chi connectivity index (χ2n) is 7.66. The highest BCUT2D eigenvalue weighted by Crippen LogP contribution is 2.25. The molecule has 3 aromatic rings. The number of carbonyl (C=O) groups is 2. The second-order valence-corrected chi connectivity index (χ2v) is 7.66. The number of amides is 2. The molecule has 4 rings (SSSR count). The molecule has 0 radical (unpaired) electrons. The van der Waals surface area contributed by atoms with Crippen LogP contribution in [0.1, 0.15) is 50.4 Å². The zero-order valence-corrected chi connectivity index (χ0v) is 16.6. The fourth-order valence-electron chi connectivity index (χ4n) is 3.89. The van der Waals surface area contributed by atoms with Gasteiger partial charge in [0.25, 0.3) is 11.8 Å². The van der Waals surface area contributed by atoms with Crippen molar-refractivity contribution >= 4 is 28.4 Å². The van der Waals surface area contributed by atoms with Crippen LogP contribution in [-0.4, -0.2) is 34.8 Å². The Morgan fingerprint density at radius 2 is 1.75 bits per heavy atom. The molecule has 5 heteroatoms. The SMILES string of the molecule is Cc1ccc2[nH]c(C(=O)Nc3ccc(C(=O)N4CCCC4)cc3C)c(C)c2c1. The molecule has 0 unspecified atom stereocenters. The molecule has 144 valence electrons. The summed E-state index contributed by atoms with van der Waals surface area (Å²) in [5, 5.41) is 4.05. The van der Waals surface area contributed by atoms with E-state index in [1.54, 1.807) is 6.07 Å². The van der Waals surface area contributed by atoms with E-state index in [9.17, 15) is 9.59 Å². The normalized spacial score (nSPS) is 13.9. The predicted octanol–water partition coefficient (Wildman–Crippen LogP) is 4.58. The van der Waals surface area contributed by atoms with Crippen molar-refractivity contribution in [3.63, 3.8) is 0 Å². The summed E-state index contributed by atoms with van der Waals surface area (Å²) in [6.45, 7) is 7.57. The summed E-state index contributed by atoms with van der Waals surface area (Å²) < 4.78 is 0. The maximum Gasteiger partial charge on any atom is 0.272 e. The van der Waals surface area contributed by atoms with Crippen molar-refractivity contribution in [2.45, 2.75) is 33.6 Å². The van der Waals surface area contributed by atoms with Gasteiger partial charge in [-0.15, -0.1) is 0 Å². The molecule has 1 aliphatic heterocycles. The number of carbonyl (C=O) groups excluding carboxylic acids is 2. The summed E-state index contributed by atoms with van der Waals surface area (Å²) in [6, 6.07) is 11.6. The molecule has 0 bridgehead atoms. The van der Waals surface area contributed by atoms with Crippen LogP contribution < -0.4 is 5.32 Å². The van der Waals surface area contributed by atoms with Crippen molar-refractivity contribution in [3.05, 3.63) is 64.3 Å². The molecule has 1 aliphatic rings. The van der Waals surface area contributed by atoms with Crippen molar-refractivity contribution in [2.75, 3.05) is 18.4 Å². The van der Waals surface area contributed by atoms with Crippen LogP contribution in [0.4, 0.5) is 5.69 Å². The number of anilines is 1. The zero-order valence-electron chi connectivity index (χ0n) is 16.6. The van der Waals surface area contributed by atoms with Crippen molar-refractivity contribution in [1.29, 1.82) is 0 Å². The lowest BCUT2D eigenvalue weighted by Gasteiger charge is -2.16. The number of rotatable bonds is 3. The van der Waals surface area contributed by atoms with Crippen LogP contribution in [0.15, 0.2) is 36.4 Å². The predicted molar refractivity (Wildman–Crippen MR) is 112 cm³/mol. The van der Waals surface area contributed by atoms with Crippen LogP contribution >= 0.6 is 0 Å². The van der Waals surface area contributed by atoms with E-state index in [0.29, 0.717) is 11.3 Å². The molecule has 28 heavy (non-hydrogen) atoms. The third-order valence-corrected chi connectivity index (χ3v) is 5.56. The number of likely N-dealkylation sites (tertiary alicyclic amines) is 1. The first kappa shape index (κ1) is 18.3. The Balaban J connectivity index is 1.56. The van der Waals surface area contributed by atoms with Crippen LogP contribution in [0, 0.1) is 20.8 Å². The summed E-state index contributed by atoms with van der Waals surface area (Å²) >= 11 is 0. The first-order valence-corrected chi connectivity index (χ1v) is 9.74. The Bertz CT molecular complexity index is 1070. The smallest absolute Gasteiger partial charge is 0.272 e. The van der Waals surface area contributed by atoms with Crippen LogP contribution in [-0.2, 0) is 0 Å². The van der Waals surface area contributed by atoms with Gasteiger partial charge in [0.1, 0.15) is 5.69 Å². The largest absolute Gasteiger partial charge is 0.350 e. The number of aromatic amines is 1. The molecule has 0 aliphatic carbocycles. The molecule has 2 amide bonds. The van der Waals surface area contributed by atoms with E-state index in [2.05, 4.69) is 16.4 Å². The molecule has 1 saturated heterocycles. The third-order valence-electron chi connectivity index (χ3n) is 5.56. The van der Waals surface area contributed by atoms with Crippen LogP contribution in [0.2, 0.25) is 0 Å². The fraction of sp³-hybridized carbons (Fsp3) is 0.304. The Kier molecular flexibility index (Phi) is 4.67. The number of hydrogen-bond donors (Lipinski definition) is 2. The Morgan fingerprint density at radius 1 is 1.00 bits per heavy atom. The monoisotopic (exact) mass is 375 g/mol. The summed E-state index contributed by atoms with van der Waals surface area (Å²) in [4.78, 5) is 30.5. The minimum Gasteiger partial charge on any atom is -0.350 e. The van der Waals surface area contributed by atoms with Gasteiger partial charge in [0.05, 0.1) is 0 Å². The number of aryl methyl sites for hydroxylation is 3. The summed E-state index contributed by atoms with van der Waals surface area (Å²) in [6.07, 6.45) is 2.14. The standard InChI is InChI=1S/C23H25N3O2/c1-14-6-8-20-18(12-14)16(3)21(24-20)22(27)25-19-9-7-17(13-15(19)2)23(28)26-10-4-5-11-26/h6-9,12-13,24H,4-5,10-11H2,1-3H3,(H,25,27). The highest BCUT2D eigenvalue weighted by Gasteiger charge is 2.20. The summed E-state index contributed by atoms with van der Waals surface area (Å²) in [7, 11) is 0. The number of nitrogens with one attached hydrogen (secondary N) is 2. The minimum atomic E-state index is -0.173. The van der Waals surface area contributed by atoms with Gasteiger partial charge in [-0.1, -0.05) is 11.6 Å². The van der Waals surface area contributed by atoms with Gasteiger partial charge in [-0.3, -0.25) is 9.59 Å².